The Morgan fingerprint density at radius 3 is 2.33 bits per heavy atom. The molecule has 2 rings (SSSR count). The van der Waals surface area contributed by atoms with Gasteiger partial charge in [-0.3, -0.25) is 4.72 Å². The van der Waals surface area contributed by atoms with Crippen LogP contribution in [0.5, 0.6) is 0 Å². The third-order valence-electron chi connectivity index (χ3n) is 2.59. The van der Waals surface area contributed by atoms with Crippen molar-refractivity contribution < 1.29 is 13.5 Å². The van der Waals surface area contributed by atoms with Gasteiger partial charge in [0.05, 0.1) is 16.7 Å². The molecule has 0 aliphatic rings. The third kappa shape index (κ3) is 3.90. The van der Waals surface area contributed by atoms with Gasteiger partial charge in [-0.05, 0) is 29.8 Å². The third-order valence-corrected chi connectivity index (χ3v) is 5.35. The summed E-state index contributed by atoms with van der Waals surface area (Å²) in [5, 5.41) is 9.10. The first kappa shape index (κ1) is 16.6. The quantitative estimate of drug-likeness (QED) is 0.798. The van der Waals surface area contributed by atoms with Gasteiger partial charge < -0.3 is 5.11 Å². The molecule has 8 heteroatoms. The number of sulfonamides is 1. The number of aliphatic hydroxyl groups is 1. The number of halogens is 3. The Bertz CT molecular complexity index is 758. The summed E-state index contributed by atoms with van der Waals surface area (Å²) in [5.74, 6) is 0. The second kappa shape index (κ2) is 6.54. The smallest absolute Gasteiger partial charge is 0.264 e. The zero-order chi connectivity index (χ0) is 15.6. The Morgan fingerprint density at radius 2 is 1.76 bits per heavy atom. The number of aliphatic hydroxyl groups excluding tert-OH is 1. The van der Waals surface area contributed by atoms with Crippen molar-refractivity contribution in [1.29, 1.82) is 0 Å². The molecule has 0 spiro atoms. The summed E-state index contributed by atoms with van der Waals surface area (Å²) in [4.78, 5) is -0.191. The van der Waals surface area contributed by atoms with Gasteiger partial charge in [0.15, 0.2) is 0 Å². The van der Waals surface area contributed by atoms with E-state index in [9.17, 15) is 8.42 Å². The molecule has 0 aromatic heterocycles. The number of anilines is 1. The SMILES string of the molecule is O=S(=O)(Nc1cccc(CO)c1)c1c(Cl)cc(Br)cc1Cl. The van der Waals surface area contributed by atoms with Crippen LogP contribution in [-0.2, 0) is 16.6 Å². The van der Waals surface area contributed by atoms with Crippen LogP contribution in [0.4, 0.5) is 5.69 Å². The van der Waals surface area contributed by atoms with Crippen LogP contribution in [0.3, 0.4) is 0 Å². The maximum atomic E-state index is 12.4. The fourth-order valence-electron chi connectivity index (χ4n) is 1.73. The minimum Gasteiger partial charge on any atom is -0.392 e. The van der Waals surface area contributed by atoms with E-state index in [1.54, 1.807) is 18.2 Å². The highest BCUT2D eigenvalue weighted by molar-refractivity contribution is 9.10. The molecule has 112 valence electrons. The molecule has 4 nitrogen and oxygen atoms in total. The number of nitrogens with one attached hydrogen (secondary N) is 1. The van der Waals surface area contributed by atoms with E-state index in [4.69, 9.17) is 28.3 Å². The first-order valence-corrected chi connectivity index (χ1v) is 8.74. The Morgan fingerprint density at radius 1 is 1.14 bits per heavy atom. The van der Waals surface area contributed by atoms with Gasteiger partial charge in [0.25, 0.3) is 10.0 Å². The molecule has 2 aromatic rings. The summed E-state index contributed by atoms with van der Waals surface area (Å²) in [7, 11) is -3.93. The topological polar surface area (TPSA) is 66.4 Å². The largest absolute Gasteiger partial charge is 0.392 e. The number of benzene rings is 2. The minimum absolute atomic E-state index is 0.0141. The highest BCUT2D eigenvalue weighted by Gasteiger charge is 2.22. The van der Waals surface area contributed by atoms with Crippen LogP contribution in [0.15, 0.2) is 45.8 Å². The van der Waals surface area contributed by atoms with E-state index in [0.717, 1.165) is 0 Å². The van der Waals surface area contributed by atoms with E-state index < -0.39 is 10.0 Å². The molecule has 0 heterocycles. The van der Waals surface area contributed by atoms with Crippen LogP contribution < -0.4 is 4.72 Å². The van der Waals surface area contributed by atoms with Crippen molar-refractivity contribution >= 4 is 54.8 Å². The van der Waals surface area contributed by atoms with Crippen LogP contribution >= 0.6 is 39.1 Å². The lowest BCUT2D eigenvalue weighted by Crippen LogP contribution is -2.14. The Balaban J connectivity index is 2.43. The van der Waals surface area contributed by atoms with E-state index in [1.807, 2.05) is 0 Å². The maximum Gasteiger partial charge on any atom is 0.264 e. The molecule has 2 N–H and O–H groups in total. The summed E-state index contributed by atoms with van der Waals surface area (Å²) < 4.78 is 27.8. The van der Waals surface area contributed by atoms with Gasteiger partial charge in [0, 0.05) is 10.2 Å². The van der Waals surface area contributed by atoms with Gasteiger partial charge in [-0.2, -0.15) is 0 Å². The van der Waals surface area contributed by atoms with Crippen molar-refractivity contribution in [3.05, 3.63) is 56.5 Å². The van der Waals surface area contributed by atoms with Crippen molar-refractivity contribution in [2.24, 2.45) is 0 Å². The second-order valence-electron chi connectivity index (χ2n) is 4.16. The van der Waals surface area contributed by atoms with Crippen molar-refractivity contribution in [3.63, 3.8) is 0 Å². The zero-order valence-corrected chi connectivity index (χ0v) is 14.4. The van der Waals surface area contributed by atoms with Crippen LogP contribution in [-0.4, -0.2) is 13.5 Å². The lowest BCUT2D eigenvalue weighted by Gasteiger charge is -2.12. The van der Waals surface area contributed by atoms with Crippen LogP contribution in [0.2, 0.25) is 10.0 Å². The van der Waals surface area contributed by atoms with Crippen LogP contribution in [0, 0.1) is 0 Å². The molecule has 0 bridgehead atoms. The molecule has 21 heavy (non-hydrogen) atoms. The van der Waals surface area contributed by atoms with Crippen molar-refractivity contribution in [2.75, 3.05) is 4.72 Å². The second-order valence-corrected chi connectivity index (χ2v) is 7.51. The number of hydrogen-bond donors (Lipinski definition) is 2. The molecule has 0 radical (unpaired) electrons. The molecule has 0 aliphatic heterocycles. The maximum absolute atomic E-state index is 12.4. The van der Waals surface area contributed by atoms with E-state index in [2.05, 4.69) is 20.7 Å². The van der Waals surface area contributed by atoms with E-state index in [1.165, 1.54) is 18.2 Å². The minimum atomic E-state index is -3.93. The summed E-state index contributed by atoms with van der Waals surface area (Å²) in [6.45, 7) is -0.185. The fraction of sp³-hybridized carbons (Fsp3) is 0.0769. The van der Waals surface area contributed by atoms with Crippen LogP contribution in [0.25, 0.3) is 0 Å². The lowest BCUT2D eigenvalue weighted by atomic mass is 10.2. The molecule has 0 aliphatic carbocycles. The summed E-state index contributed by atoms with van der Waals surface area (Å²) in [6, 6.07) is 9.31. The highest BCUT2D eigenvalue weighted by atomic mass is 79.9. The van der Waals surface area contributed by atoms with Gasteiger partial charge >= 0.3 is 0 Å². The molecule has 0 amide bonds. The van der Waals surface area contributed by atoms with Crippen molar-refractivity contribution in [3.8, 4) is 0 Å². The van der Waals surface area contributed by atoms with E-state index in [0.29, 0.717) is 15.7 Å². The fourth-order valence-corrected chi connectivity index (χ4v) is 4.71. The monoisotopic (exact) mass is 409 g/mol. The highest BCUT2D eigenvalue weighted by Crippen LogP contribution is 2.33. The first-order chi connectivity index (χ1) is 9.83. The standard InChI is InChI=1S/C13H10BrCl2NO3S/c14-9-5-11(15)13(12(16)6-9)21(19,20)17-10-3-1-2-8(4-10)7-18/h1-6,17-18H,7H2. The average Bonchev–Trinajstić information content (AvgIpc) is 2.36. The van der Waals surface area contributed by atoms with E-state index in [-0.39, 0.29) is 21.5 Å². The predicted molar refractivity (Wildman–Crippen MR) is 87.3 cm³/mol. The molecular formula is C13H10BrCl2NO3S. The van der Waals surface area contributed by atoms with Gasteiger partial charge in [-0.15, -0.1) is 0 Å². The Kier molecular flexibility index (Phi) is 5.16. The van der Waals surface area contributed by atoms with Crippen molar-refractivity contribution in [1.82, 2.24) is 0 Å². The normalized spacial score (nSPS) is 11.4. The summed E-state index contributed by atoms with van der Waals surface area (Å²) in [6.07, 6.45) is 0. The van der Waals surface area contributed by atoms with Gasteiger partial charge in [-0.25, -0.2) is 8.42 Å². The van der Waals surface area contributed by atoms with Crippen LogP contribution in [0.1, 0.15) is 5.56 Å². The number of rotatable bonds is 4. The predicted octanol–water partition coefficient (Wildman–Crippen LogP) is 4.05. The molecule has 0 atom stereocenters. The molecule has 0 unspecified atom stereocenters. The van der Waals surface area contributed by atoms with Crippen molar-refractivity contribution in [2.45, 2.75) is 11.5 Å². The number of hydrogen-bond acceptors (Lipinski definition) is 3. The Labute approximate surface area is 140 Å². The molecule has 0 fully saturated rings. The van der Waals surface area contributed by atoms with Gasteiger partial charge in [-0.1, -0.05) is 51.3 Å². The zero-order valence-electron chi connectivity index (χ0n) is 10.5. The lowest BCUT2D eigenvalue weighted by molar-refractivity contribution is 0.282. The Hall–Kier alpha value is -0.790. The molecule has 0 saturated carbocycles. The molecular weight excluding hydrogens is 401 g/mol. The summed E-state index contributed by atoms with van der Waals surface area (Å²) in [5.41, 5.74) is 0.903. The average molecular weight is 411 g/mol. The van der Waals surface area contributed by atoms with E-state index >= 15 is 0 Å². The summed E-state index contributed by atoms with van der Waals surface area (Å²) >= 11 is 15.1. The first-order valence-electron chi connectivity index (χ1n) is 5.70. The van der Waals surface area contributed by atoms with Gasteiger partial charge in [0.1, 0.15) is 4.90 Å². The molecule has 0 saturated heterocycles. The molecule has 2 aromatic carbocycles. The van der Waals surface area contributed by atoms with Gasteiger partial charge in [0.2, 0.25) is 0 Å².